The second-order valence-electron chi connectivity index (χ2n) is 6.26. The van der Waals surface area contributed by atoms with E-state index in [1.807, 2.05) is 31.3 Å². The zero-order valence-corrected chi connectivity index (χ0v) is 16.2. The second kappa shape index (κ2) is 8.90. The molecule has 0 aliphatic rings. The molecule has 0 atom stereocenters. The number of carbonyl (C=O) groups excluding carboxylic acids is 1. The Labute approximate surface area is 164 Å². The highest BCUT2D eigenvalue weighted by Crippen LogP contribution is 2.29. The lowest BCUT2D eigenvalue weighted by molar-refractivity contribution is 0.102. The van der Waals surface area contributed by atoms with Crippen LogP contribution < -0.4 is 19.7 Å². The fraction of sp³-hybridized carbons (Fsp3) is 0.182. The van der Waals surface area contributed by atoms with Gasteiger partial charge in [-0.3, -0.25) is 4.79 Å². The number of carbonyl (C=O) groups is 1. The van der Waals surface area contributed by atoms with Crippen molar-refractivity contribution < 1.29 is 14.3 Å². The first-order valence-corrected chi connectivity index (χ1v) is 8.85. The number of hydrogen-bond acceptors (Lipinski definition) is 5. The van der Waals surface area contributed by atoms with E-state index in [0.717, 1.165) is 12.2 Å². The lowest BCUT2D eigenvalue weighted by atomic mass is 10.2. The maximum Gasteiger partial charge on any atom is 0.274 e. The van der Waals surface area contributed by atoms with Crippen molar-refractivity contribution in [1.82, 2.24) is 4.98 Å². The van der Waals surface area contributed by atoms with Crippen LogP contribution in [0.3, 0.4) is 0 Å². The predicted molar refractivity (Wildman–Crippen MR) is 110 cm³/mol. The third kappa shape index (κ3) is 4.59. The number of nitrogens with zero attached hydrogens (tertiary/aromatic N) is 2. The first-order valence-electron chi connectivity index (χ1n) is 8.85. The minimum absolute atomic E-state index is 0.316. The summed E-state index contributed by atoms with van der Waals surface area (Å²) in [6.45, 7) is 0.759. The molecule has 0 saturated carbocycles. The van der Waals surface area contributed by atoms with Crippen molar-refractivity contribution in [3.63, 3.8) is 0 Å². The number of methoxy groups -OCH3 is 2. The highest BCUT2D eigenvalue weighted by Gasteiger charge is 2.13. The van der Waals surface area contributed by atoms with E-state index >= 15 is 0 Å². The lowest BCUT2D eigenvalue weighted by Crippen LogP contribution is -2.18. The molecule has 3 rings (SSSR count). The van der Waals surface area contributed by atoms with E-state index in [4.69, 9.17) is 9.47 Å². The highest BCUT2D eigenvalue weighted by atomic mass is 16.5. The van der Waals surface area contributed by atoms with E-state index in [1.54, 1.807) is 44.7 Å². The van der Waals surface area contributed by atoms with E-state index in [1.165, 1.54) is 5.56 Å². The Morgan fingerprint density at radius 1 is 1.04 bits per heavy atom. The number of hydrogen-bond donors (Lipinski definition) is 1. The monoisotopic (exact) mass is 377 g/mol. The van der Waals surface area contributed by atoms with Crippen LogP contribution in [-0.4, -0.2) is 32.2 Å². The molecule has 28 heavy (non-hydrogen) atoms. The normalized spacial score (nSPS) is 10.2. The van der Waals surface area contributed by atoms with Crippen molar-refractivity contribution in [3.05, 3.63) is 78.1 Å². The fourth-order valence-electron chi connectivity index (χ4n) is 2.79. The summed E-state index contributed by atoms with van der Waals surface area (Å²) in [4.78, 5) is 19.0. The van der Waals surface area contributed by atoms with Gasteiger partial charge in [-0.05, 0) is 29.8 Å². The largest absolute Gasteiger partial charge is 0.497 e. The van der Waals surface area contributed by atoms with Gasteiger partial charge in [-0.1, -0.05) is 30.3 Å². The van der Waals surface area contributed by atoms with Gasteiger partial charge in [-0.2, -0.15) is 0 Å². The van der Waals surface area contributed by atoms with E-state index in [9.17, 15) is 4.79 Å². The first kappa shape index (κ1) is 19.2. The molecule has 0 aliphatic heterocycles. The Balaban J connectivity index is 1.70. The van der Waals surface area contributed by atoms with Gasteiger partial charge in [0.05, 0.1) is 31.8 Å². The van der Waals surface area contributed by atoms with Crippen LogP contribution in [0.5, 0.6) is 11.5 Å². The highest BCUT2D eigenvalue weighted by molar-refractivity contribution is 6.03. The number of benzene rings is 2. The molecule has 0 aliphatic carbocycles. The minimum Gasteiger partial charge on any atom is -0.497 e. The standard InChI is InChI=1S/C22H23N3O3/c1-25(15-16-7-5-4-6-8-16)17-9-11-19(23-14-17)22(26)24-20-13-18(27-2)10-12-21(20)28-3/h4-14H,15H2,1-3H3,(H,24,26). The number of aromatic nitrogens is 1. The number of pyridine rings is 1. The van der Waals surface area contributed by atoms with Crippen molar-refractivity contribution in [3.8, 4) is 11.5 Å². The summed E-state index contributed by atoms with van der Waals surface area (Å²) in [5, 5.41) is 2.82. The number of nitrogens with one attached hydrogen (secondary N) is 1. The minimum atomic E-state index is -0.316. The van der Waals surface area contributed by atoms with E-state index in [2.05, 4.69) is 27.3 Å². The molecule has 1 N–H and O–H groups in total. The Hall–Kier alpha value is -3.54. The van der Waals surface area contributed by atoms with Gasteiger partial charge in [0.2, 0.25) is 0 Å². The smallest absolute Gasteiger partial charge is 0.274 e. The van der Waals surface area contributed by atoms with Crippen LogP contribution in [0.4, 0.5) is 11.4 Å². The quantitative estimate of drug-likeness (QED) is 0.675. The molecule has 144 valence electrons. The summed E-state index contributed by atoms with van der Waals surface area (Å²) in [5.41, 5.74) is 2.98. The van der Waals surface area contributed by atoms with Gasteiger partial charge in [-0.25, -0.2) is 4.98 Å². The molecule has 0 saturated heterocycles. The topological polar surface area (TPSA) is 63.7 Å². The number of amides is 1. The maximum absolute atomic E-state index is 12.6. The molecule has 6 nitrogen and oxygen atoms in total. The Bertz CT molecular complexity index is 928. The molecule has 1 heterocycles. The molecule has 0 radical (unpaired) electrons. The second-order valence-corrected chi connectivity index (χ2v) is 6.26. The van der Waals surface area contributed by atoms with Crippen molar-refractivity contribution in [1.29, 1.82) is 0 Å². The molecule has 1 aromatic heterocycles. The van der Waals surface area contributed by atoms with Crippen LogP contribution in [0, 0.1) is 0 Å². The van der Waals surface area contributed by atoms with E-state index in [-0.39, 0.29) is 5.91 Å². The summed E-state index contributed by atoms with van der Waals surface area (Å²) in [6, 6.07) is 19.0. The van der Waals surface area contributed by atoms with Crippen LogP contribution in [0.1, 0.15) is 16.1 Å². The summed E-state index contributed by atoms with van der Waals surface area (Å²) in [5.74, 6) is 0.860. The fourth-order valence-corrected chi connectivity index (χ4v) is 2.79. The number of ether oxygens (including phenoxy) is 2. The number of anilines is 2. The van der Waals surface area contributed by atoms with Gasteiger partial charge in [0, 0.05) is 19.7 Å². The van der Waals surface area contributed by atoms with Crippen molar-refractivity contribution >= 4 is 17.3 Å². The SMILES string of the molecule is COc1ccc(OC)c(NC(=O)c2ccc(N(C)Cc3ccccc3)cn2)c1. The molecular weight excluding hydrogens is 354 g/mol. The summed E-state index contributed by atoms with van der Waals surface area (Å²) < 4.78 is 10.5. The van der Waals surface area contributed by atoms with E-state index in [0.29, 0.717) is 22.9 Å². The van der Waals surface area contributed by atoms with Gasteiger partial charge >= 0.3 is 0 Å². The van der Waals surface area contributed by atoms with Crippen molar-refractivity contribution in [2.24, 2.45) is 0 Å². The molecule has 6 heteroatoms. The van der Waals surface area contributed by atoms with Gasteiger partial charge < -0.3 is 19.7 Å². The van der Waals surface area contributed by atoms with Gasteiger partial charge in [-0.15, -0.1) is 0 Å². The average Bonchev–Trinajstić information content (AvgIpc) is 2.74. The van der Waals surface area contributed by atoms with Crippen molar-refractivity contribution in [2.75, 3.05) is 31.5 Å². The lowest BCUT2D eigenvalue weighted by Gasteiger charge is -2.19. The molecule has 1 amide bonds. The molecule has 0 unspecified atom stereocenters. The molecule has 0 spiro atoms. The van der Waals surface area contributed by atoms with Crippen LogP contribution in [-0.2, 0) is 6.54 Å². The van der Waals surface area contributed by atoms with Crippen LogP contribution in [0.15, 0.2) is 66.9 Å². The molecule has 3 aromatic rings. The van der Waals surface area contributed by atoms with Crippen LogP contribution in [0.2, 0.25) is 0 Å². The zero-order chi connectivity index (χ0) is 19.9. The summed E-state index contributed by atoms with van der Waals surface area (Å²) >= 11 is 0. The summed E-state index contributed by atoms with van der Waals surface area (Å²) in [6.07, 6.45) is 1.70. The van der Waals surface area contributed by atoms with E-state index < -0.39 is 0 Å². The first-order chi connectivity index (χ1) is 13.6. The third-order valence-corrected chi connectivity index (χ3v) is 4.34. The molecule has 0 bridgehead atoms. The van der Waals surface area contributed by atoms with Gasteiger partial charge in [0.15, 0.2) is 0 Å². The Morgan fingerprint density at radius 2 is 1.82 bits per heavy atom. The number of rotatable bonds is 7. The van der Waals surface area contributed by atoms with Gasteiger partial charge in [0.1, 0.15) is 17.2 Å². The molecular formula is C22H23N3O3. The molecule has 0 fully saturated rings. The van der Waals surface area contributed by atoms with Crippen molar-refractivity contribution in [2.45, 2.75) is 6.54 Å². The van der Waals surface area contributed by atoms with Crippen LogP contribution in [0.25, 0.3) is 0 Å². The maximum atomic E-state index is 12.6. The average molecular weight is 377 g/mol. The zero-order valence-electron chi connectivity index (χ0n) is 16.2. The summed E-state index contributed by atoms with van der Waals surface area (Å²) in [7, 11) is 5.11. The van der Waals surface area contributed by atoms with Gasteiger partial charge in [0.25, 0.3) is 5.91 Å². The Morgan fingerprint density at radius 3 is 2.46 bits per heavy atom. The van der Waals surface area contributed by atoms with Crippen LogP contribution >= 0.6 is 0 Å². The predicted octanol–water partition coefficient (Wildman–Crippen LogP) is 3.99. The third-order valence-electron chi connectivity index (χ3n) is 4.34. The molecule has 2 aromatic carbocycles. The Kier molecular flexibility index (Phi) is 6.11.